The van der Waals surface area contributed by atoms with Gasteiger partial charge in [0.2, 0.25) is 0 Å². The van der Waals surface area contributed by atoms with Crippen LogP contribution in [0.4, 0.5) is 0 Å². The molecule has 0 radical (unpaired) electrons. The molecule has 2 rings (SSSR count). The smallest absolute Gasteiger partial charge is 0.261 e. The summed E-state index contributed by atoms with van der Waals surface area (Å²) in [6.45, 7) is 1.48. The maximum atomic E-state index is 11.9. The van der Waals surface area contributed by atoms with Crippen molar-refractivity contribution in [3.05, 3.63) is 39.9 Å². The van der Waals surface area contributed by atoms with Crippen molar-refractivity contribution in [3.8, 4) is 0 Å². The maximum absolute atomic E-state index is 11.9. The van der Waals surface area contributed by atoms with Gasteiger partial charge in [-0.15, -0.1) is 0 Å². The number of rotatable bonds is 2. The number of carbonyl (C=O) groups is 1. The normalized spacial score (nSPS) is 10.6. The fourth-order valence-corrected chi connectivity index (χ4v) is 1.65. The van der Waals surface area contributed by atoms with Gasteiger partial charge in [0.25, 0.3) is 5.56 Å². The van der Waals surface area contributed by atoms with Gasteiger partial charge in [-0.25, -0.2) is 4.98 Å². The van der Waals surface area contributed by atoms with Gasteiger partial charge < -0.3 is 0 Å². The highest BCUT2D eigenvalue weighted by Crippen LogP contribution is 2.13. The van der Waals surface area contributed by atoms with E-state index in [4.69, 9.17) is 11.6 Å². The van der Waals surface area contributed by atoms with Crippen LogP contribution in [0.3, 0.4) is 0 Å². The van der Waals surface area contributed by atoms with Gasteiger partial charge in [0.1, 0.15) is 5.78 Å². The number of nitrogens with zero attached hydrogens (tertiary/aromatic N) is 2. The standard InChI is InChI=1S/C11H9ClN2O2/c1-7(15)5-14-6-13-10-4-8(12)2-3-9(10)11(14)16/h2-4,6H,5H2,1H3. The molecule has 0 aliphatic rings. The molecule has 0 atom stereocenters. The Morgan fingerprint density at radius 1 is 1.50 bits per heavy atom. The van der Waals surface area contributed by atoms with Crippen LogP contribution in [-0.4, -0.2) is 15.3 Å². The van der Waals surface area contributed by atoms with Crippen LogP contribution in [0.5, 0.6) is 0 Å². The van der Waals surface area contributed by atoms with Crippen LogP contribution in [0.25, 0.3) is 10.9 Å². The van der Waals surface area contributed by atoms with Crippen molar-refractivity contribution < 1.29 is 4.79 Å². The summed E-state index contributed by atoms with van der Waals surface area (Å²) in [6, 6.07) is 4.87. The van der Waals surface area contributed by atoms with Crippen LogP contribution in [0.2, 0.25) is 5.02 Å². The van der Waals surface area contributed by atoms with Crippen LogP contribution in [0.1, 0.15) is 6.92 Å². The minimum absolute atomic E-state index is 0.0460. The van der Waals surface area contributed by atoms with E-state index >= 15 is 0 Å². The van der Waals surface area contributed by atoms with E-state index in [2.05, 4.69) is 4.98 Å². The first-order valence-corrected chi connectivity index (χ1v) is 5.10. The van der Waals surface area contributed by atoms with E-state index < -0.39 is 0 Å². The van der Waals surface area contributed by atoms with E-state index in [1.54, 1.807) is 18.2 Å². The summed E-state index contributed by atoms with van der Waals surface area (Å²) in [6.07, 6.45) is 1.36. The fourth-order valence-electron chi connectivity index (χ4n) is 1.48. The Morgan fingerprint density at radius 3 is 2.94 bits per heavy atom. The molecule has 5 heteroatoms. The lowest BCUT2D eigenvalue weighted by Gasteiger charge is -2.03. The predicted molar refractivity (Wildman–Crippen MR) is 61.7 cm³/mol. The SMILES string of the molecule is CC(=O)Cn1cnc2cc(Cl)ccc2c1=O. The molecule has 1 aromatic carbocycles. The lowest BCUT2D eigenvalue weighted by molar-refractivity contribution is -0.117. The third-order valence-corrected chi connectivity index (χ3v) is 2.42. The second-order valence-corrected chi connectivity index (χ2v) is 3.98. The van der Waals surface area contributed by atoms with Gasteiger partial charge in [-0.3, -0.25) is 14.2 Å². The lowest BCUT2D eigenvalue weighted by Crippen LogP contribution is -2.23. The number of aromatic nitrogens is 2. The number of Topliss-reactive ketones (excluding diaryl/α,β-unsaturated/α-hetero) is 1. The van der Waals surface area contributed by atoms with Gasteiger partial charge in [0.15, 0.2) is 0 Å². The minimum atomic E-state index is -0.225. The van der Waals surface area contributed by atoms with Crippen molar-refractivity contribution in [2.45, 2.75) is 13.5 Å². The highest BCUT2D eigenvalue weighted by molar-refractivity contribution is 6.31. The number of halogens is 1. The molecular formula is C11H9ClN2O2. The molecule has 4 nitrogen and oxygen atoms in total. The van der Waals surface area contributed by atoms with Crippen molar-refractivity contribution in [2.24, 2.45) is 0 Å². The molecule has 0 spiro atoms. The van der Waals surface area contributed by atoms with Crippen molar-refractivity contribution >= 4 is 28.3 Å². The Kier molecular flexibility index (Phi) is 2.75. The molecular weight excluding hydrogens is 228 g/mol. The van der Waals surface area contributed by atoms with E-state index in [0.29, 0.717) is 15.9 Å². The highest BCUT2D eigenvalue weighted by Gasteiger charge is 2.05. The third-order valence-electron chi connectivity index (χ3n) is 2.18. The third kappa shape index (κ3) is 1.97. The average molecular weight is 237 g/mol. The lowest BCUT2D eigenvalue weighted by atomic mass is 10.2. The molecule has 0 unspecified atom stereocenters. The van der Waals surface area contributed by atoms with Gasteiger partial charge in [0.05, 0.1) is 23.8 Å². The summed E-state index contributed by atoms with van der Waals surface area (Å²) < 4.78 is 1.29. The zero-order chi connectivity index (χ0) is 11.7. The van der Waals surface area contributed by atoms with Crippen molar-refractivity contribution in [3.63, 3.8) is 0 Å². The van der Waals surface area contributed by atoms with Crippen LogP contribution in [0, 0.1) is 0 Å². The fraction of sp³-hybridized carbons (Fsp3) is 0.182. The quantitative estimate of drug-likeness (QED) is 0.797. The van der Waals surface area contributed by atoms with Crippen molar-refractivity contribution in [1.82, 2.24) is 9.55 Å². The van der Waals surface area contributed by atoms with Crippen LogP contribution in [0.15, 0.2) is 29.3 Å². The second kappa shape index (κ2) is 4.06. The van der Waals surface area contributed by atoms with E-state index in [9.17, 15) is 9.59 Å². The van der Waals surface area contributed by atoms with E-state index in [0.717, 1.165) is 0 Å². The van der Waals surface area contributed by atoms with Crippen LogP contribution < -0.4 is 5.56 Å². The number of carbonyl (C=O) groups excluding carboxylic acids is 1. The Balaban J connectivity index is 2.66. The number of hydrogen-bond acceptors (Lipinski definition) is 3. The molecule has 0 aliphatic heterocycles. The summed E-state index contributed by atoms with van der Waals surface area (Å²) in [5.74, 6) is -0.0859. The van der Waals surface area contributed by atoms with Gasteiger partial charge in [0, 0.05) is 5.02 Å². The Bertz CT molecular complexity index is 619. The summed E-state index contributed by atoms with van der Waals surface area (Å²) >= 11 is 5.79. The summed E-state index contributed by atoms with van der Waals surface area (Å²) in [7, 11) is 0. The largest absolute Gasteiger partial charge is 0.298 e. The molecule has 1 heterocycles. The van der Waals surface area contributed by atoms with Crippen molar-refractivity contribution in [1.29, 1.82) is 0 Å². The first-order chi connectivity index (χ1) is 7.58. The topological polar surface area (TPSA) is 52.0 Å². The second-order valence-electron chi connectivity index (χ2n) is 3.54. The van der Waals surface area contributed by atoms with E-state index in [1.807, 2.05) is 0 Å². The Hall–Kier alpha value is -1.68. The summed E-state index contributed by atoms with van der Waals surface area (Å²) in [5.41, 5.74) is 0.314. The molecule has 2 aromatic rings. The minimum Gasteiger partial charge on any atom is -0.298 e. The van der Waals surface area contributed by atoms with E-state index in [1.165, 1.54) is 17.8 Å². The summed E-state index contributed by atoms with van der Waals surface area (Å²) in [5, 5.41) is 0.997. The van der Waals surface area contributed by atoms with Gasteiger partial charge in [-0.1, -0.05) is 11.6 Å². The molecule has 0 fully saturated rings. The molecule has 0 aliphatic carbocycles. The molecule has 16 heavy (non-hydrogen) atoms. The first kappa shape index (κ1) is 10.8. The average Bonchev–Trinajstić information content (AvgIpc) is 2.22. The number of hydrogen-bond donors (Lipinski definition) is 0. The number of benzene rings is 1. The first-order valence-electron chi connectivity index (χ1n) is 4.72. The van der Waals surface area contributed by atoms with Crippen LogP contribution >= 0.6 is 11.6 Å². The van der Waals surface area contributed by atoms with Gasteiger partial charge in [-0.2, -0.15) is 0 Å². The summed E-state index contributed by atoms with van der Waals surface area (Å²) in [4.78, 5) is 26.9. The zero-order valence-corrected chi connectivity index (χ0v) is 9.36. The predicted octanol–water partition coefficient (Wildman–Crippen LogP) is 1.64. The Labute approximate surface area is 96.5 Å². The molecule has 1 aromatic heterocycles. The molecule has 82 valence electrons. The van der Waals surface area contributed by atoms with Gasteiger partial charge >= 0.3 is 0 Å². The number of fused-ring (bicyclic) bond motifs is 1. The zero-order valence-electron chi connectivity index (χ0n) is 8.61. The highest BCUT2D eigenvalue weighted by atomic mass is 35.5. The molecule has 0 amide bonds. The van der Waals surface area contributed by atoms with Gasteiger partial charge in [-0.05, 0) is 25.1 Å². The van der Waals surface area contributed by atoms with Crippen molar-refractivity contribution in [2.75, 3.05) is 0 Å². The monoisotopic (exact) mass is 236 g/mol. The molecule has 0 saturated carbocycles. The molecule has 0 N–H and O–H groups in total. The van der Waals surface area contributed by atoms with E-state index in [-0.39, 0.29) is 17.9 Å². The Morgan fingerprint density at radius 2 is 2.25 bits per heavy atom. The molecule has 0 bridgehead atoms. The molecule has 0 saturated heterocycles. The maximum Gasteiger partial charge on any atom is 0.261 e. The van der Waals surface area contributed by atoms with Crippen LogP contribution in [-0.2, 0) is 11.3 Å². The number of ketones is 1.